The van der Waals surface area contributed by atoms with Gasteiger partial charge in [0.1, 0.15) is 0 Å². The monoisotopic (exact) mass is 216 g/mol. The van der Waals surface area contributed by atoms with Crippen LogP contribution in [0.5, 0.6) is 0 Å². The van der Waals surface area contributed by atoms with Gasteiger partial charge in [-0.2, -0.15) is 0 Å². The summed E-state index contributed by atoms with van der Waals surface area (Å²) < 4.78 is 0. The van der Waals surface area contributed by atoms with E-state index < -0.39 is 11.9 Å². The Balaban J connectivity index is -0.000000143. The maximum Gasteiger partial charge on any atom is 0.303 e. The van der Waals surface area contributed by atoms with Crippen molar-refractivity contribution in [1.29, 1.82) is 0 Å². The van der Waals surface area contributed by atoms with Crippen LogP contribution in [0.2, 0.25) is 0 Å². The van der Waals surface area contributed by atoms with Crippen LogP contribution in [0.25, 0.3) is 0 Å². The Labute approximate surface area is 108 Å². The van der Waals surface area contributed by atoms with E-state index in [1.165, 1.54) is 0 Å². The molecule has 0 aromatic carbocycles. The first kappa shape index (κ1) is 18.9. The van der Waals surface area contributed by atoms with E-state index in [4.69, 9.17) is 10.2 Å². The number of hydrogen-bond acceptors (Lipinski definition) is 2. The molecule has 0 spiro atoms. The van der Waals surface area contributed by atoms with Gasteiger partial charge >= 0.3 is 11.9 Å². The van der Waals surface area contributed by atoms with Crippen LogP contribution in [0.15, 0.2) is 0 Å². The molecule has 0 aliphatic rings. The van der Waals surface area contributed by atoms with Crippen molar-refractivity contribution in [3.8, 4) is 0 Å². The molecule has 0 rings (SSSR count). The molecule has 74 valence electrons. The van der Waals surface area contributed by atoms with Crippen LogP contribution in [0.1, 0.15) is 39.5 Å². The minimum absolute atomic E-state index is 0. The third-order valence-corrected chi connectivity index (χ3v) is 0.928. The molecule has 0 atom stereocenters. The molecule has 2 radical (unpaired) electrons. The molecule has 2 N–H and O–H groups in total. The molecular weight excluding hydrogens is 200 g/mol. The minimum Gasteiger partial charge on any atom is -0.481 e. The summed E-state index contributed by atoms with van der Waals surface area (Å²) in [5.41, 5.74) is 0. The second-order valence-electron chi connectivity index (χ2n) is 2.29. The Morgan fingerprint density at radius 2 is 1.15 bits per heavy atom. The van der Waals surface area contributed by atoms with E-state index in [2.05, 4.69) is 0 Å². The standard InChI is InChI=1S/2C4H8O2.Ca/c2*1-2-3-4(5)6;/h2*2-3H2,1H3,(H,5,6);. The first-order chi connectivity index (χ1) is 5.54. The Hall–Kier alpha value is 0.200. The zero-order valence-electron chi connectivity index (χ0n) is 8.25. The molecule has 0 aliphatic carbocycles. The van der Waals surface area contributed by atoms with Crippen molar-refractivity contribution < 1.29 is 19.8 Å². The summed E-state index contributed by atoms with van der Waals surface area (Å²) in [5, 5.41) is 15.8. The van der Waals surface area contributed by atoms with Crippen LogP contribution in [0.4, 0.5) is 0 Å². The number of carbonyl (C=O) groups is 2. The summed E-state index contributed by atoms with van der Waals surface area (Å²) in [6.07, 6.45) is 2.05. The number of rotatable bonds is 4. The van der Waals surface area contributed by atoms with Gasteiger partial charge in [0, 0.05) is 50.6 Å². The molecule has 0 saturated heterocycles. The van der Waals surface area contributed by atoms with Gasteiger partial charge in [-0.15, -0.1) is 0 Å². The number of hydrogen-bond donors (Lipinski definition) is 2. The summed E-state index contributed by atoms with van der Waals surface area (Å²) in [4.78, 5) is 19.2. The summed E-state index contributed by atoms with van der Waals surface area (Å²) in [6.45, 7) is 3.68. The van der Waals surface area contributed by atoms with Gasteiger partial charge in [0.15, 0.2) is 0 Å². The fraction of sp³-hybridized carbons (Fsp3) is 0.750. The summed E-state index contributed by atoms with van der Waals surface area (Å²) in [7, 11) is 0. The van der Waals surface area contributed by atoms with Gasteiger partial charge in [0.2, 0.25) is 0 Å². The van der Waals surface area contributed by atoms with Crippen molar-refractivity contribution in [3.05, 3.63) is 0 Å². The van der Waals surface area contributed by atoms with E-state index in [1.807, 2.05) is 13.8 Å². The van der Waals surface area contributed by atoms with Crippen molar-refractivity contribution in [2.45, 2.75) is 39.5 Å². The van der Waals surface area contributed by atoms with Crippen molar-refractivity contribution >= 4 is 49.7 Å². The van der Waals surface area contributed by atoms with Crippen LogP contribution in [0.3, 0.4) is 0 Å². The first-order valence-corrected chi connectivity index (χ1v) is 3.98. The Morgan fingerprint density at radius 1 is 0.923 bits per heavy atom. The topological polar surface area (TPSA) is 74.6 Å². The van der Waals surface area contributed by atoms with Crippen LogP contribution < -0.4 is 0 Å². The summed E-state index contributed by atoms with van der Waals surface area (Å²) in [5.74, 6) is -1.42. The normalized spacial score (nSPS) is 7.54. The van der Waals surface area contributed by atoms with E-state index in [-0.39, 0.29) is 37.7 Å². The van der Waals surface area contributed by atoms with E-state index in [1.54, 1.807) is 0 Å². The van der Waals surface area contributed by atoms with Crippen molar-refractivity contribution in [2.75, 3.05) is 0 Å². The third-order valence-electron chi connectivity index (χ3n) is 0.928. The summed E-state index contributed by atoms with van der Waals surface area (Å²) in [6, 6.07) is 0. The molecule has 13 heavy (non-hydrogen) atoms. The molecule has 0 amide bonds. The molecule has 0 fully saturated rings. The second-order valence-corrected chi connectivity index (χ2v) is 2.29. The Morgan fingerprint density at radius 3 is 1.15 bits per heavy atom. The van der Waals surface area contributed by atoms with Crippen molar-refractivity contribution in [2.24, 2.45) is 0 Å². The average molecular weight is 216 g/mol. The molecule has 4 nitrogen and oxygen atoms in total. The van der Waals surface area contributed by atoms with Crippen molar-refractivity contribution in [3.63, 3.8) is 0 Å². The van der Waals surface area contributed by atoms with Gasteiger partial charge < -0.3 is 10.2 Å². The molecule has 0 aliphatic heterocycles. The van der Waals surface area contributed by atoms with Gasteiger partial charge in [-0.1, -0.05) is 13.8 Å². The zero-order valence-corrected chi connectivity index (χ0v) is 10.5. The van der Waals surface area contributed by atoms with E-state index >= 15 is 0 Å². The predicted octanol–water partition coefficient (Wildman–Crippen LogP) is 1.36. The number of carboxylic acids is 2. The van der Waals surface area contributed by atoms with Gasteiger partial charge in [0.25, 0.3) is 0 Å². The van der Waals surface area contributed by atoms with Gasteiger partial charge in [-0.05, 0) is 12.8 Å². The number of aliphatic carboxylic acids is 2. The van der Waals surface area contributed by atoms with E-state index in [0.717, 1.165) is 12.8 Å². The van der Waals surface area contributed by atoms with Crippen LogP contribution in [0, 0.1) is 0 Å². The quantitative estimate of drug-likeness (QED) is 0.696. The van der Waals surface area contributed by atoms with Crippen LogP contribution in [-0.4, -0.2) is 59.9 Å². The molecule has 0 aromatic heterocycles. The largest absolute Gasteiger partial charge is 0.481 e. The third kappa shape index (κ3) is 33.0. The van der Waals surface area contributed by atoms with Crippen LogP contribution in [-0.2, 0) is 9.59 Å². The smallest absolute Gasteiger partial charge is 0.303 e. The van der Waals surface area contributed by atoms with Crippen LogP contribution >= 0.6 is 0 Å². The molecule has 5 heteroatoms. The molecule has 0 heterocycles. The molecule has 0 saturated carbocycles. The van der Waals surface area contributed by atoms with Gasteiger partial charge in [-0.25, -0.2) is 0 Å². The molecule has 0 bridgehead atoms. The maximum atomic E-state index is 9.60. The maximum absolute atomic E-state index is 9.60. The van der Waals surface area contributed by atoms with Crippen molar-refractivity contribution in [1.82, 2.24) is 0 Å². The van der Waals surface area contributed by atoms with E-state index in [9.17, 15) is 9.59 Å². The van der Waals surface area contributed by atoms with E-state index in [0.29, 0.717) is 12.8 Å². The Kier molecular flexibility index (Phi) is 21.4. The van der Waals surface area contributed by atoms with Gasteiger partial charge in [-0.3, -0.25) is 9.59 Å². The first-order valence-electron chi connectivity index (χ1n) is 3.98. The SMILES string of the molecule is CCCC(=O)O.CCCC(=O)O.[Ca]. The second kappa shape index (κ2) is 14.7. The Bertz CT molecular complexity index is 120. The minimum atomic E-state index is -0.711. The fourth-order valence-corrected chi connectivity index (χ4v) is 0.428. The molecule has 0 unspecified atom stereocenters. The zero-order chi connectivity index (χ0) is 9.98. The summed E-state index contributed by atoms with van der Waals surface area (Å²) >= 11 is 0. The predicted molar refractivity (Wildman–Crippen MR) is 50.8 cm³/mol. The number of carboxylic acid groups (broad SMARTS) is 2. The fourth-order valence-electron chi connectivity index (χ4n) is 0.428. The average Bonchev–Trinajstić information content (AvgIpc) is 1.87. The molecule has 0 aromatic rings. The molecular formula is C8H16CaO4. The van der Waals surface area contributed by atoms with Gasteiger partial charge in [0.05, 0.1) is 0 Å².